The summed E-state index contributed by atoms with van der Waals surface area (Å²) in [5.74, 6) is 2.09. The number of nitrogens with two attached hydrogens (primary N) is 1. The Hall–Kier alpha value is -0.570. The van der Waals surface area contributed by atoms with E-state index in [1.54, 1.807) is 0 Å². The van der Waals surface area contributed by atoms with Crippen molar-refractivity contribution in [3.05, 3.63) is 0 Å². The molecule has 3 aliphatic rings. The molecule has 3 aliphatic carbocycles. The SMILES string of the molecule is NCC1(NC(=O)C2C3CCCC32)CCCC1. The average molecular weight is 222 g/mol. The zero-order valence-corrected chi connectivity index (χ0v) is 9.87. The Bertz CT molecular complexity index is 286. The number of carbonyl (C=O) groups excluding carboxylic acids is 1. The largest absolute Gasteiger partial charge is 0.349 e. The molecule has 16 heavy (non-hydrogen) atoms. The molecule has 0 aromatic heterocycles. The molecule has 3 heteroatoms. The first-order valence-corrected chi connectivity index (χ1v) is 6.78. The molecule has 0 heterocycles. The fraction of sp³-hybridized carbons (Fsp3) is 0.923. The number of hydrogen-bond acceptors (Lipinski definition) is 2. The Balaban J connectivity index is 1.60. The van der Waals surface area contributed by atoms with Gasteiger partial charge in [0.05, 0.1) is 5.54 Å². The molecule has 0 aromatic carbocycles. The molecule has 0 radical (unpaired) electrons. The van der Waals surface area contributed by atoms with E-state index in [0.29, 0.717) is 18.4 Å². The molecular formula is C13H22N2O. The van der Waals surface area contributed by atoms with Crippen LogP contribution in [-0.4, -0.2) is 18.0 Å². The normalized spacial score (nSPS) is 39.4. The highest BCUT2D eigenvalue weighted by atomic mass is 16.2. The third kappa shape index (κ3) is 1.56. The zero-order valence-electron chi connectivity index (χ0n) is 9.87. The molecule has 3 nitrogen and oxygen atoms in total. The molecule has 3 rings (SSSR count). The number of amides is 1. The summed E-state index contributed by atoms with van der Waals surface area (Å²) < 4.78 is 0. The Morgan fingerprint density at radius 2 is 1.81 bits per heavy atom. The first-order chi connectivity index (χ1) is 7.76. The Labute approximate surface area is 97.2 Å². The predicted molar refractivity (Wildman–Crippen MR) is 62.7 cm³/mol. The molecule has 1 amide bonds. The topological polar surface area (TPSA) is 55.1 Å². The fourth-order valence-electron chi connectivity index (χ4n) is 3.99. The van der Waals surface area contributed by atoms with Crippen LogP contribution in [0.5, 0.6) is 0 Å². The lowest BCUT2D eigenvalue weighted by Crippen LogP contribution is -2.52. The van der Waals surface area contributed by atoms with Crippen LogP contribution in [0.4, 0.5) is 0 Å². The van der Waals surface area contributed by atoms with Crippen molar-refractivity contribution in [2.24, 2.45) is 23.5 Å². The summed E-state index contributed by atoms with van der Waals surface area (Å²) >= 11 is 0. The van der Waals surface area contributed by atoms with E-state index >= 15 is 0 Å². The molecule has 2 unspecified atom stereocenters. The lowest BCUT2D eigenvalue weighted by Gasteiger charge is -2.29. The third-order valence-electron chi connectivity index (χ3n) is 5.05. The number of nitrogens with one attached hydrogen (secondary N) is 1. The molecule has 3 fully saturated rings. The maximum Gasteiger partial charge on any atom is 0.224 e. The Morgan fingerprint density at radius 1 is 1.19 bits per heavy atom. The third-order valence-corrected chi connectivity index (χ3v) is 5.05. The van der Waals surface area contributed by atoms with Crippen molar-refractivity contribution in [2.75, 3.05) is 6.54 Å². The number of hydrogen-bond donors (Lipinski definition) is 2. The monoisotopic (exact) mass is 222 g/mol. The van der Waals surface area contributed by atoms with Crippen LogP contribution in [0.15, 0.2) is 0 Å². The van der Waals surface area contributed by atoms with Gasteiger partial charge in [0, 0.05) is 12.5 Å². The number of rotatable bonds is 3. The van der Waals surface area contributed by atoms with Crippen LogP contribution in [-0.2, 0) is 4.79 Å². The molecule has 0 bridgehead atoms. The minimum atomic E-state index is -0.0476. The minimum Gasteiger partial charge on any atom is -0.349 e. The van der Waals surface area contributed by atoms with E-state index in [1.165, 1.54) is 32.1 Å². The van der Waals surface area contributed by atoms with Crippen molar-refractivity contribution in [3.8, 4) is 0 Å². The van der Waals surface area contributed by atoms with Crippen LogP contribution in [0.25, 0.3) is 0 Å². The summed E-state index contributed by atoms with van der Waals surface area (Å²) in [4.78, 5) is 12.2. The Morgan fingerprint density at radius 3 is 2.38 bits per heavy atom. The predicted octanol–water partition coefficient (Wildman–Crippen LogP) is 1.42. The molecule has 90 valence electrons. The minimum absolute atomic E-state index is 0.0476. The highest BCUT2D eigenvalue weighted by Crippen LogP contribution is 2.57. The van der Waals surface area contributed by atoms with Gasteiger partial charge in [-0.15, -0.1) is 0 Å². The van der Waals surface area contributed by atoms with Crippen molar-refractivity contribution in [1.82, 2.24) is 5.32 Å². The quantitative estimate of drug-likeness (QED) is 0.759. The van der Waals surface area contributed by atoms with Gasteiger partial charge >= 0.3 is 0 Å². The second-order valence-corrected chi connectivity index (χ2v) is 5.97. The van der Waals surface area contributed by atoms with E-state index in [1.807, 2.05) is 0 Å². The highest BCUT2D eigenvalue weighted by Gasteiger charge is 2.57. The van der Waals surface area contributed by atoms with E-state index in [0.717, 1.165) is 24.7 Å². The molecule has 0 aromatic rings. The van der Waals surface area contributed by atoms with Gasteiger partial charge in [-0.05, 0) is 37.5 Å². The summed E-state index contributed by atoms with van der Waals surface area (Å²) in [7, 11) is 0. The molecule has 0 spiro atoms. The summed E-state index contributed by atoms with van der Waals surface area (Å²) in [6, 6.07) is 0. The lowest BCUT2D eigenvalue weighted by molar-refractivity contribution is -0.124. The summed E-state index contributed by atoms with van der Waals surface area (Å²) in [6.07, 6.45) is 8.48. The average Bonchev–Trinajstić information content (AvgIpc) is 2.73. The van der Waals surface area contributed by atoms with Crippen molar-refractivity contribution in [3.63, 3.8) is 0 Å². The summed E-state index contributed by atoms with van der Waals surface area (Å²) in [5, 5.41) is 3.27. The van der Waals surface area contributed by atoms with Crippen molar-refractivity contribution >= 4 is 5.91 Å². The molecule has 3 saturated carbocycles. The van der Waals surface area contributed by atoms with Crippen LogP contribution in [0.3, 0.4) is 0 Å². The van der Waals surface area contributed by atoms with Gasteiger partial charge in [-0.25, -0.2) is 0 Å². The molecule has 2 atom stereocenters. The van der Waals surface area contributed by atoms with E-state index in [-0.39, 0.29) is 5.54 Å². The molecule has 3 N–H and O–H groups in total. The zero-order chi connectivity index (χ0) is 11.2. The van der Waals surface area contributed by atoms with Gasteiger partial charge < -0.3 is 11.1 Å². The van der Waals surface area contributed by atoms with Crippen molar-refractivity contribution in [2.45, 2.75) is 50.5 Å². The van der Waals surface area contributed by atoms with Gasteiger partial charge in [0.25, 0.3) is 0 Å². The number of carbonyl (C=O) groups is 1. The smallest absolute Gasteiger partial charge is 0.224 e. The van der Waals surface area contributed by atoms with Gasteiger partial charge in [-0.1, -0.05) is 19.3 Å². The van der Waals surface area contributed by atoms with Crippen LogP contribution in [0.1, 0.15) is 44.9 Å². The fourth-order valence-corrected chi connectivity index (χ4v) is 3.99. The van der Waals surface area contributed by atoms with Gasteiger partial charge in [0.15, 0.2) is 0 Å². The Kier molecular flexibility index (Phi) is 2.46. The number of fused-ring (bicyclic) bond motifs is 1. The lowest BCUT2D eigenvalue weighted by atomic mass is 9.97. The van der Waals surface area contributed by atoms with Crippen LogP contribution >= 0.6 is 0 Å². The van der Waals surface area contributed by atoms with Crippen LogP contribution in [0, 0.1) is 17.8 Å². The second-order valence-electron chi connectivity index (χ2n) is 5.97. The molecule has 0 aliphatic heterocycles. The molecular weight excluding hydrogens is 200 g/mol. The van der Waals surface area contributed by atoms with Gasteiger partial charge in [-0.3, -0.25) is 4.79 Å². The highest BCUT2D eigenvalue weighted by molar-refractivity contribution is 5.83. The summed E-state index contributed by atoms with van der Waals surface area (Å²) in [5.41, 5.74) is 5.79. The molecule has 0 saturated heterocycles. The van der Waals surface area contributed by atoms with E-state index in [2.05, 4.69) is 5.32 Å². The van der Waals surface area contributed by atoms with Gasteiger partial charge in [0.2, 0.25) is 5.91 Å². The van der Waals surface area contributed by atoms with E-state index < -0.39 is 0 Å². The van der Waals surface area contributed by atoms with E-state index in [4.69, 9.17) is 5.73 Å². The van der Waals surface area contributed by atoms with Crippen molar-refractivity contribution in [1.29, 1.82) is 0 Å². The van der Waals surface area contributed by atoms with Gasteiger partial charge in [0.1, 0.15) is 0 Å². The maximum absolute atomic E-state index is 12.2. The van der Waals surface area contributed by atoms with Gasteiger partial charge in [-0.2, -0.15) is 0 Å². The van der Waals surface area contributed by atoms with Crippen molar-refractivity contribution < 1.29 is 4.79 Å². The standard InChI is InChI=1S/C13H22N2O/c14-8-13(6-1-2-7-13)15-12(16)11-9-4-3-5-10(9)11/h9-11H,1-8,14H2,(H,15,16). The maximum atomic E-state index is 12.2. The summed E-state index contributed by atoms with van der Waals surface area (Å²) in [6.45, 7) is 0.612. The first-order valence-electron chi connectivity index (χ1n) is 6.78. The second kappa shape index (κ2) is 3.73. The van der Waals surface area contributed by atoms with Crippen LogP contribution in [0.2, 0.25) is 0 Å². The first kappa shape index (κ1) is 10.6. The van der Waals surface area contributed by atoms with Crippen LogP contribution < -0.4 is 11.1 Å². The van der Waals surface area contributed by atoms with E-state index in [9.17, 15) is 4.79 Å².